The highest BCUT2D eigenvalue weighted by Crippen LogP contribution is 2.27. The lowest BCUT2D eigenvalue weighted by Gasteiger charge is -2.12. The lowest BCUT2D eigenvalue weighted by atomic mass is 10.3. The lowest BCUT2D eigenvalue weighted by molar-refractivity contribution is 0.852. The Labute approximate surface area is 116 Å². The third-order valence-electron chi connectivity index (χ3n) is 2.90. The minimum Gasteiger partial charge on any atom is -0.382 e. The lowest BCUT2D eigenvalue weighted by Crippen LogP contribution is -2.17. The normalized spacial score (nSPS) is 10.2. The van der Waals surface area contributed by atoms with E-state index in [-0.39, 0.29) is 0 Å². The average Bonchev–Trinajstić information content (AvgIpc) is 2.74. The van der Waals surface area contributed by atoms with E-state index < -0.39 is 0 Å². The largest absolute Gasteiger partial charge is 0.382 e. The number of nitriles is 1. The SMILES string of the molecule is CCN(C)c1nn(-c2cccc(Cl)c2)c(N)c1C#N. The number of rotatable bonds is 3. The molecule has 0 radical (unpaired) electrons. The maximum atomic E-state index is 9.22. The van der Waals surface area contributed by atoms with Crippen LogP contribution in [0, 0.1) is 11.3 Å². The molecule has 1 aromatic carbocycles. The molecule has 0 bridgehead atoms. The number of nitrogens with zero attached hydrogens (tertiary/aromatic N) is 4. The van der Waals surface area contributed by atoms with Crippen LogP contribution in [-0.2, 0) is 0 Å². The molecule has 0 aliphatic carbocycles. The van der Waals surface area contributed by atoms with Crippen molar-refractivity contribution in [2.24, 2.45) is 0 Å². The fourth-order valence-electron chi connectivity index (χ4n) is 1.75. The van der Waals surface area contributed by atoms with Crippen LogP contribution in [-0.4, -0.2) is 23.4 Å². The van der Waals surface area contributed by atoms with E-state index in [4.69, 9.17) is 17.3 Å². The van der Waals surface area contributed by atoms with Gasteiger partial charge in [0.05, 0.1) is 5.69 Å². The number of benzene rings is 1. The van der Waals surface area contributed by atoms with Crippen molar-refractivity contribution < 1.29 is 0 Å². The Balaban J connectivity index is 2.60. The van der Waals surface area contributed by atoms with Crippen molar-refractivity contribution in [2.75, 3.05) is 24.2 Å². The van der Waals surface area contributed by atoms with E-state index in [1.165, 1.54) is 4.68 Å². The second-order valence-electron chi connectivity index (χ2n) is 4.10. The van der Waals surface area contributed by atoms with E-state index in [1.54, 1.807) is 12.1 Å². The molecule has 0 aliphatic heterocycles. The third kappa shape index (κ3) is 2.35. The van der Waals surface area contributed by atoms with Gasteiger partial charge in [-0.15, -0.1) is 5.10 Å². The summed E-state index contributed by atoms with van der Waals surface area (Å²) in [4.78, 5) is 1.87. The quantitative estimate of drug-likeness (QED) is 0.934. The monoisotopic (exact) mass is 275 g/mol. The van der Waals surface area contributed by atoms with E-state index in [2.05, 4.69) is 11.2 Å². The number of hydrogen-bond acceptors (Lipinski definition) is 4. The molecule has 5 nitrogen and oxygen atoms in total. The van der Waals surface area contributed by atoms with E-state index in [0.717, 1.165) is 12.2 Å². The van der Waals surface area contributed by atoms with E-state index in [1.807, 2.05) is 31.0 Å². The zero-order valence-corrected chi connectivity index (χ0v) is 11.5. The topological polar surface area (TPSA) is 70.9 Å². The molecule has 0 aliphatic rings. The molecule has 6 heteroatoms. The van der Waals surface area contributed by atoms with Gasteiger partial charge in [-0.05, 0) is 25.1 Å². The van der Waals surface area contributed by atoms with Crippen molar-refractivity contribution in [2.45, 2.75) is 6.92 Å². The minimum atomic E-state index is 0.320. The van der Waals surface area contributed by atoms with Crippen molar-refractivity contribution >= 4 is 23.2 Å². The second kappa shape index (κ2) is 5.21. The van der Waals surface area contributed by atoms with Gasteiger partial charge in [0.25, 0.3) is 0 Å². The first-order chi connectivity index (χ1) is 9.08. The zero-order chi connectivity index (χ0) is 14.0. The zero-order valence-electron chi connectivity index (χ0n) is 10.8. The average molecular weight is 276 g/mol. The summed E-state index contributed by atoms with van der Waals surface area (Å²) in [5, 5.41) is 14.2. The Bertz CT molecular complexity index is 641. The number of anilines is 2. The van der Waals surface area contributed by atoms with Gasteiger partial charge in [0.1, 0.15) is 17.5 Å². The van der Waals surface area contributed by atoms with Gasteiger partial charge in [0.2, 0.25) is 0 Å². The predicted molar refractivity (Wildman–Crippen MR) is 76.6 cm³/mol. The number of aromatic nitrogens is 2. The summed E-state index contributed by atoms with van der Waals surface area (Å²) >= 11 is 5.96. The fraction of sp³-hybridized carbons (Fsp3) is 0.231. The maximum absolute atomic E-state index is 9.22. The molecule has 0 amide bonds. The maximum Gasteiger partial charge on any atom is 0.171 e. The molecule has 0 unspecified atom stereocenters. The highest BCUT2D eigenvalue weighted by atomic mass is 35.5. The molecule has 19 heavy (non-hydrogen) atoms. The fourth-order valence-corrected chi connectivity index (χ4v) is 1.93. The van der Waals surface area contributed by atoms with Gasteiger partial charge in [0.15, 0.2) is 5.82 Å². The second-order valence-corrected chi connectivity index (χ2v) is 4.54. The molecule has 98 valence electrons. The molecule has 0 saturated heterocycles. The van der Waals surface area contributed by atoms with Gasteiger partial charge in [-0.25, -0.2) is 4.68 Å². The van der Waals surface area contributed by atoms with Crippen LogP contribution in [0.2, 0.25) is 5.02 Å². The highest BCUT2D eigenvalue weighted by Gasteiger charge is 2.18. The van der Waals surface area contributed by atoms with Crippen molar-refractivity contribution in [3.05, 3.63) is 34.9 Å². The number of nitrogens with two attached hydrogens (primary N) is 1. The van der Waals surface area contributed by atoms with Crippen LogP contribution in [0.5, 0.6) is 0 Å². The molecule has 0 atom stereocenters. The molecule has 1 heterocycles. The summed E-state index contributed by atoms with van der Waals surface area (Å²) in [6.45, 7) is 2.72. The molecule has 2 aromatic rings. The Morgan fingerprint density at radius 3 is 2.84 bits per heavy atom. The van der Waals surface area contributed by atoms with E-state index in [0.29, 0.717) is 22.2 Å². The summed E-state index contributed by atoms with van der Waals surface area (Å²) in [7, 11) is 1.87. The first kappa shape index (κ1) is 13.2. The molecule has 1 aromatic heterocycles. The van der Waals surface area contributed by atoms with Crippen LogP contribution in [0.3, 0.4) is 0 Å². The van der Waals surface area contributed by atoms with Gasteiger partial charge < -0.3 is 10.6 Å². The summed E-state index contributed by atoms with van der Waals surface area (Å²) in [5.41, 5.74) is 7.11. The number of nitrogen functional groups attached to an aromatic ring is 1. The Morgan fingerprint density at radius 2 is 2.26 bits per heavy atom. The Kier molecular flexibility index (Phi) is 3.63. The molecule has 0 saturated carbocycles. The van der Waals surface area contributed by atoms with Gasteiger partial charge in [-0.3, -0.25) is 0 Å². The first-order valence-electron chi connectivity index (χ1n) is 5.84. The third-order valence-corrected chi connectivity index (χ3v) is 3.14. The highest BCUT2D eigenvalue weighted by molar-refractivity contribution is 6.30. The van der Waals surface area contributed by atoms with Crippen molar-refractivity contribution in [3.63, 3.8) is 0 Å². The van der Waals surface area contributed by atoms with Crippen LogP contribution in [0.15, 0.2) is 24.3 Å². The van der Waals surface area contributed by atoms with Crippen LogP contribution in [0.25, 0.3) is 5.69 Å². The predicted octanol–water partition coefficient (Wildman–Crippen LogP) is 2.44. The summed E-state index contributed by atoms with van der Waals surface area (Å²) in [6, 6.07) is 9.28. The number of halogens is 1. The summed E-state index contributed by atoms with van der Waals surface area (Å²) < 4.78 is 1.53. The molecular weight excluding hydrogens is 262 g/mol. The first-order valence-corrected chi connectivity index (χ1v) is 6.22. The van der Waals surface area contributed by atoms with Gasteiger partial charge in [0, 0.05) is 18.6 Å². The standard InChI is InChI=1S/C13H14ClN5/c1-3-18(2)13-11(8-15)12(16)19(17-13)10-6-4-5-9(14)7-10/h4-7H,3,16H2,1-2H3. The van der Waals surface area contributed by atoms with Crippen LogP contribution in [0.1, 0.15) is 12.5 Å². The molecular formula is C13H14ClN5. The molecule has 0 fully saturated rings. The minimum absolute atomic E-state index is 0.320. The van der Waals surface area contributed by atoms with Crippen LogP contribution >= 0.6 is 11.6 Å². The Morgan fingerprint density at radius 1 is 1.53 bits per heavy atom. The molecule has 2 rings (SSSR count). The van der Waals surface area contributed by atoms with Crippen LogP contribution in [0.4, 0.5) is 11.6 Å². The van der Waals surface area contributed by atoms with Gasteiger partial charge in [-0.2, -0.15) is 5.26 Å². The van der Waals surface area contributed by atoms with E-state index >= 15 is 0 Å². The van der Waals surface area contributed by atoms with Crippen molar-refractivity contribution in [3.8, 4) is 11.8 Å². The van der Waals surface area contributed by atoms with Crippen molar-refractivity contribution in [1.82, 2.24) is 9.78 Å². The molecule has 0 spiro atoms. The van der Waals surface area contributed by atoms with E-state index in [9.17, 15) is 5.26 Å². The van der Waals surface area contributed by atoms with Gasteiger partial charge >= 0.3 is 0 Å². The number of hydrogen-bond donors (Lipinski definition) is 1. The smallest absolute Gasteiger partial charge is 0.171 e. The Hall–Kier alpha value is -2.19. The van der Waals surface area contributed by atoms with Gasteiger partial charge in [-0.1, -0.05) is 17.7 Å². The van der Waals surface area contributed by atoms with Crippen molar-refractivity contribution in [1.29, 1.82) is 5.26 Å². The molecule has 2 N–H and O–H groups in total. The summed E-state index contributed by atoms with van der Waals surface area (Å²) in [5.74, 6) is 0.891. The summed E-state index contributed by atoms with van der Waals surface area (Å²) in [6.07, 6.45) is 0. The van der Waals surface area contributed by atoms with Crippen LogP contribution < -0.4 is 10.6 Å².